The van der Waals surface area contributed by atoms with Gasteiger partial charge in [0, 0.05) is 31.0 Å². The van der Waals surface area contributed by atoms with Crippen molar-refractivity contribution in [1.29, 1.82) is 0 Å². The quantitative estimate of drug-likeness (QED) is 0.840. The third kappa shape index (κ3) is 3.31. The fourth-order valence-electron chi connectivity index (χ4n) is 3.04. The Morgan fingerprint density at radius 1 is 1.43 bits per heavy atom. The molecule has 5 nitrogen and oxygen atoms in total. The summed E-state index contributed by atoms with van der Waals surface area (Å²) in [5, 5.41) is 0. The first-order valence-corrected chi connectivity index (χ1v) is 9.19. The van der Waals surface area contributed by atoms with Gasteiger partial charge in [0.25, 0.3) is 0 Å². The molecule has 1 aromatic heterocycles. The number of carbonyl (C=O) groups is 1. The molecule has 0 aromatic carbocycles. The van der Waals surface area contributed by atoms with Crippen molar-refractivity contribution in [2.45, 2.75) is 39.7 Å². The number of hydrogen-bond donors (Lipinski definition) is 0. The van der Waals surface area contributed by atoms with E-state index in [0.717, 1.165) is 17.0 Å². The van der Waals surface area contributed by atoms with E-state index in [1.54, 1.807) is 4.90 Å². The molecule has 1 fully saturated rings. The number of likely N-dealkylation sites (N-methyl/N-ethyl adjacent to an activating group) is 1. The molecule has 6 heteroatoms. The summed E-state index contributed by atoms with van der Waals surface area (Å²) in [5.74, 6) is 0.331. The highest BCUT2D eigenvalue weighted by Crippen LogP contribution is 2.20. The molecule has 1 saturated heterocycles. The Bertz CT molecular complexity index is 646. The van der Waals surface area contributed by atoms with Gasteiger partial charge >= 0.3 is 0 Å². The van der Waals surface area contributed by atoms with Gasteiger partial charge in [0.15, 0.2) is 9.84 Å². The van der Waals surface area contributed by atoms with Gasteiger partial charge in [-0.2, -0.15) is 0 Å². The lowest BCUT2D eigenvalue weighted by molar-refractivity contribution is -0.132. The zero-order chi connectivity index (χ0) is 15.8. The van der Waals surface area contributed by atoms with Crippen molar-refractivity contribution in [3.8, 4) is 0 Å². The second-order valence-corrected chi connectivity index (χ2v) is 8.10. The molecule has 1 aliphatic heterocycles. The second kappa shape index (κ2) is 5.83. The summed E-state index contributed by atoms with van der Waals surface area (Å²) in [4.78, 5) is 14.3. The van der Waals surface area contributed by atoms with Crippen LogP contribution < -0.4 is 0 Å². The summed E-state index contributed by atoms with van der Waals surface area (Å²) in [7, 11) is -0.980. The summed E-state index contributed by atoms with van der Waals surface area (Å²) < 4.78 is 25.3. The van der Waals surface area contributed by atoms with Gasteiger partial charge in [0.2, 0.25) is 5.91 Å². The minimum atomic E-state index is -2.97. The minimum absolute atomic E-state index is 0.0216. The van der Waals surface area contributed by atoms with E-state index in [9.17, 15) is 13.2 Å². The molecule has 1 atom stereocenters. The predicted octanol–water partition coefficient (Wildman–Crippen LogP) is 1.22. The first kappa shape index (κ1) is 16.1. The number of carbonyl (C=O) groups excluding carboxylic acids is 1. The molecule has 2 rings (SSSR count). The molecule has 2 heterocycles. The lowest BCUT2D eigenvalue weighted by Gasteiger charge is -2.27. The van der Waals surface area contributed by atoms with Gasteiger partial charge in [-0.25, -0.2) is 8.42 Å². The maximum absolute atomic E-state index is 12.5. The van der Waals surface area contributed by atoms with Gasteiger partial charge in [-0.3, -0.25) is 4.79 Å². The van der Waals surface area contributed by atoms with Gasteiger partial charge in [-0.15, -0.1) is 0 Å². The Morgan fingerprint density at radius 3 is 2.52 bits per heavy atom. The first-order chi connectivity index (χ1) is 9.75. The van der Waals surface area contributed by atoms with Crippen LogP contribution >= 0.6 is 0 Å². The van der Waals surface area contributed by atoms with E-state index >= 15 is 0 Å². The predicted molar refractivity (Wildman–Crippen MR) is 83.0 cm³/mol. The van der Waals surface area contributed by atoms with Crippen molar-refractivity contribution in [2.75, 3.05) is 18.1 Å². The third-order valence-corrected chi connectivity index (χ3v) is 6.28. The highest BCUT2D eigenvalue weighted by molar-refractivity contribution is 7.91. The molecular formula is C15H24N2O3S. The molecule has 0 radical (unpaired) electrons. The molecule has 0 bridgehead atoms. The number of amides is 1. The average molecular weight is 312 g/mol. The van der Waals surface area contributed by atoms with Crippen LogP contribution in [-0.4, -0.2) is 47.9 Å². The Labute approximate surface area is 126 Å². The van der Waals surface area contributed by atoms with Crippen LogP contribution in [0.3, 0.4) is 0 Å². The van der Waals surface area contributed by atoms with Gasteiger partial charge in [0.1, 0.15) is 0 Å². The van der Waals surface area contributed by atoms with Gasteiger partial charge in [-0.05, 0) is 38.8 Å². The van der Waals surface area contributed by atoms with Crippen molar-refractivity contribution < 1.29 is 13.2 Å². The summed E-state index contributed by atoms with van der Waals surface area (Å²) in [5.41, 5.74) is 3.25. The van der Waals surface area contributed by atoms with Gasteiger partial charge in [0.05, 0.1) is 17.9 Å². The van der Waals surface area contributed by atoms with E-state index in [0.29, 0.717) is 19.4 Å². The highest BCUT2D eigenvalue weighted by atomic mass is 32.2. The lowest BCUT2D eigenvalue weighted by Crippen LogP contribution is -2.41. The topological polar surface area (TPSA) is 59.4 Å². The molecule has 0 saturated carbocycles. The van der Waals surface area contributed by atoms with Crippen molar-refractivity contribution in [3.05, 3.63) is 23.0 Å². The number of sulfone groups is 1. The standard InChI is InChI=1S/C15H24N2O3S/c1-5-17(14-6-7-21(19,20)10-14)15(18)9-13-8-11(2)16(4)12(13)3/h8,14H,5-7,9-10H2,1-4H3. The molecule has 0 spiro atoms. The number of hydrogen-bond acceptors (Lipinski definition) is 3. The molecule has 118 valence electrons. The van der Waals surface area contributed by atoms with Crippen molar-refractivity contribution in [3.63, 3.8) is 0 Å². The van der Waals surface area contributed by atoms with Crippen LogP contribution in [0.4, 0.5) is 0 Å². The SMILES string of the molecule is CCN(C(=O)Cc1cc(C)n(C)c1C)C1CCS(=O)(=O)C1. The van der Waals surface area contributed by atoms with Crippen LogP contribution in [0.1, 0.15) is 30.3 Å². The van der Waals surface area contributed by atoms with Crippen molar-refractivity contribution in [1.82, 2.24) is 9.47 Å². The zero-order valence-corrected chi connectivity index (χ0v) is 14.0. The number of aromatic nitrogens is 1. The maximum Gasteiger partial charge on any atom is 0.227 e. The molecule has 1 aromatic rings. The van der Waals surface area contributed by atoms with Crippen molar-refractivity contribution >= 4 is 15.7 Å². The van der Waals surface area contributed by atoms with E-state index in [2.05, 4.69) is 4.57 Å². The molecule has 0 N–H and O–H groups in total. The fraction of sp³-hybridized carbons (Fsp3) is 0.667. The lowest BCUT2D eigenvalue weighted by atomic mass is 10.1. The Balaban J connectivity index is 2.12. The van der Waals surface area contributed by atoms with Crippen LogP contribution in [0.2, 0.25) is 0 Å². The Hall–Kier alpha value is -1.30. The van der Waals surface area contributed by atoms with E-state index in [1.165, 1.54) is 0 Å². The summed E-state index contributed by atoms with van der Waals surface area (Å²) in [6, 6.07) is 1.88. The second-order valence-electron chi connectivity index (χ2n) is 5.87. The normalized spacial score (nSPS) is 20.7. The van der Waals surface area contributed by atoms with E-state index < -0.39 is 9.84 Å². The molecule has 1 amide bonds. The summed E-state index contributed by atoms with van der Waals surface area (Å²) in [6.07, 6.45) is 0.909. The van der Waals surface area contributed by atoms with E-state index in [4.69, 9.17) is 0 Å². The number of rotatable bonds is 4. The summed E-state index contributed by atoms with van der Waals surface area (Å²) >= 11 is 0. The first-order valence-electron chi connectivity index (χ1n) is 7.37. The van der Waals surface area contributed by atoms with Gasteiger partial charge < -0.3 is 9.47 Å². The number of nitrogens with zero attached hydrogens (tertiary/aromatic N) is 2. The zero-order valence-electron chi connectivity index (χ0n) is 13.2. The van der Waals surface area contributed by atoms with E-state index in [-0.39, 0.29) is 23.5 Å². The smallest absolute Gasteiger partial charge is 0.227 e. The monoisotopic (exact) mass is 312 g/mol. The average Bonchev–Trinajstić information content (AvgIpc) is 2.86. The van der Waals surface area contributed by atoms with Crippen LogP contribution in [0, 0.1) is 13.8 Å². The minimum Gasteiger partial charge on any atom is -0.352 e. The molecule has 0 aliphatic carbocycles. The van der Waals surface area contributed by atoms with Crippen LogP contribution in [-0.2, 0) is 28.1 Å². The Morgan fingerprint density at radius 2 is 2.10 bits per heavy atom. The third-order valence-electron chi connectivity index (χ3n) is 4.53. The van der Waals surface area contributed by atoms with Crippen LogP contribution in [0.15, 0.2) is 6.07 Å². The molecule has 1 aliphatic rings. The van der Waals surface area contributed by atoms with Crippen molar-refractivity contribution in [2.24, 2.45) is 7.05 Å². The van der Waals surface area contributed by atoms with E-state index in [1.807, 2.05) is 33.9 Å². The Kier molecular flexibility index (Phi) is 4.46. The number of aryl methyl sites for hydroxylation is 1. The molecule has 21 heavy (non-hydrogen) atoms. The van der Waals surface area contributed by atoms with Crippen LogP contribution in [0.25, 0.3) is 0 Å². The van der Waals surface area contributed by atoms with Crippen LogP contribution in [0.5, 0.6) is 0 Å². The summed E-state index contributed by atoms with van der Waals surface area (Å²) in [6.45, 7) is 6.49. The van der Waals surface area contributed by atoms with Gasteiger partial charge in [-0.1, -0.05) is 0 Å². The molecule has 1 unspecified atom stereocenters. The fourth-order valence-corrected chi connectivity index (χ4v) is 4.77. The largest absolute Gasteiger partial charge is 0.352 e. The maximum atomic E-state index is 12.5. The molecular weight excluding hydrogens is 288 g/mol. The highest BCUT2D eigenvalue weighted by Gasteiger charge is 2.33.